The van der Waals surface area contributed by atoms with Crippen LogP contribution in [-0.4, -0.2) is 35.8 Å². The minimum Gasteiger partial charge on any atom is -0.350 e. The van der Waals surface area contributed by atoms with Crippen LogP contribution < -0.4 is 5.32 Å². The molecular formula is C19H26N2O2. The molecule has 1 aliphatic heterocycles. The van der Waals surface area contributed by atoms with Crippen molar-refractivity contribution in [1.29, 1.82) is 0 Å². The number of amides is 2. The zero-order chi connectivity index (χ0) is 16.8. The number of nitrogens with zero attached hydrogens (tertiary/aromatic N) is 1. The second kappa shape index (κ2) is 5.36. The quantitative estimate of drug-likeness (QED) is 0.930. The second-order valence-corrected chi connectivity index (χ2v) is 8.05. The van der Waals surface area contributed by atoms with Crippen molar-refractivity contribution in [3.8, 4) is 0 Å². The lowest BCUT2D eigenvalue weighted by Crippen LogP contribution is -2.57. The Balaban J connectivity index is 1.69. The summed E-state index contributed by atoms with van der Waals surface area (Å²) in [6, 6.07) is 10.1. The highest BCUT2D eigenvalue weighted by Gasteiger charge is 2.69. The summed E-state index contributed by atoms with van der Waals surface area (Å²) in [7, 11) is 0. The molecule has 23 heavy (non-hydrogen) atoms. The zero-order valence-electron chi connectivity index (χ0n) is 14.4. The van der Waals surface area contributed by atoms with Crippen molar-refractivity contribution in [2.75, 3.05) is 13.1 Å². The SMILES string of the molecule is CC1(C)C(C(=O)N2CC(=O)N[C@@H](Cc3ccccc3)C2)C1(C)C. The molecule has 0 aromatic heterocycles. The lowest BCUT2D eigenvalue weighted by Gasteiger charge is -2.33. The molecule has 1 aromatic carbocycles. The van der Waals surface area contributed by atoms with E-state index >= 15 is 0 Å². The molecule has 4 nitrogen and oxygen atoms in total. The molecule has 0 spiro atoms. The first-order valence-corrected chi connectivity index (χ1v) is 8.35. The minimum atomic E-state index is -0.0539. The smallest absolute Gasteiger partial charge is 0.239 e. The van der Waals surface area contributed by atoms with Crippen molar-refractivity contribution in [2.24, 2.45) is 16.7 Å². The summed E-state index contributed by atoms with van der Waals surface area (Å²) in [4.78, 5) is 26.7. The van der Waals surface area contributed by atoms with Crippen LogP contribution in [0.1, 0.15) is 33.3 Å². The summed E-state index contributed by atoms with van der Waals surface area (Å²) in [5.41, 5.74) is 1.19. The van der Waals surface area contributed by atoms with Gasteiger partial charge in [-0.2, -0.15) is 0 Å². The lowest BCUT2D eigenvalue weighted by atomic mass is 10.0. The van der Waals surface area contributed by atoms with Crippen molar-refractivity contribution in [2.45, 2.75) is 40.2 Å². The van der Waals surface area contributed by atoms with Crippen LogP contribution in [0.3, 0.4) is 0 Å². The summed E-state index contributed by atoms with van der Waals surface area (Å²) in [6.45, 7) is 9.35. The molecule has 1 atom stereocenters. The molecule has 4 heteroatoms. The number of piperazine rings is 1. The maximum Gasteiger partial charge on any atom is 0.239 e. The third-order valence-electron chi connectivity index (χ3n) is 6.04. The Bertz CT molecular complexity index is 608. The van der Waals surface area contributed by atoms with Crippen molar-refractivity contribution >= 4 is 11.8 Å². The molecule has 0 bridgehead atoms. The highest BCUT2D eigenvalue weighted by Crippen LogP contribution is 2.68. The Morgan fingerprint density at radius 3 is 2.35 bits per heavy atom. The summed E-state index contributed by atoms with van der Waals surface area (Å²) < 4.78 is 0. The van der Waals surface area contributed by atoms with Crippen LogP contribution >= 0.6 is 0 Å². The first-order valence-electron chi connectivity index (χ1n) is 8.35. The standard InChI is InChI=1S/C19H26N2O2/c1-18(2)16(19(18,3)4)17(23)21-11-14(20-15(22)12-21)10-13-8-6-5-7-9-13/h5-9,14,16H,10-12H2,1-4H3,(H,20,22)/t14-/m0/s1. The van der Waals surface area contributed by atoms with Crippen LogP contribution in [0.5, 0.6) is 0 Å². The highest BCUT2D eigenvalue weighted by molar-refractivity contribution is 5.90. The van der Waals surface area contributed by atoms with E-state index in [0.29, 0.717) is 6.54 Å². The van der Waals surface area contributed by atoms with Gasteiger partial charge in [-0.25, -0.2) is 0 Å². The second-order valence-electron chi connectivity index (χ2n) is 8.05. The molecular weight excluding hydrogens is 288 g/mol. The van der Waals surface area contributed by atoms with E-state index in [0.717, 1.165) is 6.42 Å². The molecule has 2 aliphatic rings. The molecule has 0 unspecified atom stereocenters. The lowest BCUT2D eigenvalue weighted by molar-refractivity contribution is -0.141. The van der Waals surface area contributed by atoms with Crippen molar-refractivity contribution < 1.29 is 9.59 Å². The summed E-state index contributed by atoms with van der Waals surface area (Å²) >= 11 is 0. The Hall–Kier alpha value is -1.84. The molecule has 1 saturated heterocycles. The third kappa shape index (κ3) is 2.75. The first kappa shape index (κ1) is 16.0. The fraction of sp³-hybridized carbons (Fsp3) is 0.579. The summed E-state index contributed by atoms with van der Waals surface area (Å²) in [5.74, 6) is 0.0907. The molecule has 2 fully saturated rings. The van der Waals surface area contributed by atoms with E-state index in [1.54, 1.807) is 4.90 Å². The van der Waals surface area contributed by atoms with Crippen molar-refractivity contribution in [3.05, 3.63) is 35.9 Å². The maximum absolute atomic E-state index is 12.9. The van der Waals surface area contributed by atoms with Crippen LogP contribution in [0.15, 0.2) is 30.3 Å². The van der Waals surface area contributed by atoms with E-state index in [-0.39, 0.29) is 41.1 Å². The Morgan fingerprint density at radius 2 is 1.78 bits per heavy atom. The summed E-state index contributed by atoms with van der Waals surface area (Å²) in [6.07, 6.45) is 0.758. The molecule has 1 aromatic rings. The molecule has 1 saturated carbocycles. The molecule has 1 heterocycles. The molecule has 124 valence electrons. The molecule has 0 radical (unpaired) electrons. The van der Waals surface area contributed by atoms with E-state index in [9.17, 15) is 9.59 Å². The van der Waals surface area contributed by atoms with Gasteiger partial charge >= 0.3 is 0 Å². The normalized spacial score (nSPS) is 25.8. The van der Waals surface area contributed by atoms with Crippen molar-refractivity contribution in [1.82, 2.24) is 10.2 Å². The van der Waals surface area contributed by atoms with E-state index in [2.05, 4.69) is 45.1 Å². The van der Waals surface area contributed by atoms with Gasteiger partial charge in [0.1, 0.15) is 0 Å². The largest absolute Gasteiger partial charge is 0.350 e. The fourth-order valence-corrected chi connectivity index (χ4v) is 4.00. The van der Waals surface area contributed by atoms with Gasteiger partial charge in [-0.1, -0.05) is 58.0 Å². The van der Waals surface area contributed by atoms with E-state index in [1.807, 2.05) is 18.2 Å². The number of carbonyl (C=O) groups excluding carboxylic acids is 2. The van der Waals surface area contributed by atoms with Crippen LogP contribution in [0.4, 0.5) is 0 Å². The monoisotopic (exact) mass is 314 g/mol. The Morgan fingerprint density at radius 1 is 1.17 bits per heavy atom. The van der Waals surface area contributed by atoms with E-state index in [4.69, 9.17) is 0 Å². The molecule has 2 amide bonds. The average molecular weight is 314 g/mol. The predicted molar refractivity (Wildman–Crippen MR) is 89.7 cm³/mol. The number of hydrogen-bond donors (Lipinski definition) is 1. The van der Waals surface area contributed by atoms with Crippen molar-refractivity contribution in [3.63, 3.8) is 0 Å². The number of benzene rings is 1. The fourth-order valence-electron chi connectivity index (χ4n) is 4.00. The number of nitrogens with one attached hydrogen (secondary N) is 1. The Labute approximate surface area is 138 Å². The van der Waals surface area contributed by atoms with E-state index < -0.39 is 0 Å². The van der Waals surface area contributed by atoms with Gasteiger partial charge in [0, 0.05) is 12.5 Å². The van der Waals surface area contributed by atoms with Gasteiger partial charge in [0.25, 0.3) is 0 Å². The van der Waals surface area contributed by atoms with Gasteiger partial charge in [0.15, 0.2) is 0 Å². The topological polar surface area (TPSA) is 49.4 Å². The van der Waals surface area contributed by atoms with Gasteiger partial charge in [0.05, 0.1) is 12.6 Å². The van der Waals surface area contributed by atoms with Crippen LogP contribution in [0.2, 0.25) is 0 Å². The van der Waals surface area contributed by atoms with Crippen LogP contribution in [-0.2, 0) is 16.0 Å². The number of hydrogen-bond acceptors (Lipinski definition) is 2. The van der Waals surface area contributed by atoms with Crippen LogP contribution in [0, 0.1) is 16.7 Å². The number of rotatable bonds is 3. The van der Waals surface area contributed by atoms with Gasteiger partial charge in [-0.3, -0.25) is 9.59 Å². The van der Waals surface area contributed by atoms with E-state index in [1.165, 1.54) is 5.56 Å². The van der Waals surface area contributed by atoms with Gasteiger partial charge in [0.2, 0.25) is 11.8 Å². The first-order chi connectivity index (χ1) is 10.7. The zero-order valence-corrected chi connectivity index (χ0v) is 14.4. The molecule has 3 rings (SSSR count). The predicted octanol–water partition coefficient (Wildman–Crippen LogP) is 2.24. The Kier molecular flexibility index (Phi) is 3.74. The van der Waals surface area contributed by atoms with Gasteiger partial charge in [-0.15, -0.1) is 0 Å². The van der Waals surface area contributed by atoms with Gasteiger partial charge < -0.3 is 10.2 Å². The summed E-state index contributed by atoms with van der Waals surface area (Å²) in [5, 5.41) is 3.02. The maximum atomic E-state index is 12.9. The van der Waals surface area contributed by atoms with Crippen LogP contribution in [0.25, 0.3) is 0 Å². The average Bonchev–Trinajstić information content (AvgIpc) is 2.88. The third-order valence-corrected chi connectivity index (χ3v) is 6.04. The minimum absolute atomic E-state index is 0.00688. The molecule has 1 aliphatic carbocycles. The van der Waals surface area contributed by atoms with Gasteiger partial charge in [-0.05, 0) is 22.8 Å². The molecule has 1 N–H and O–H groups in total. The highest BCUT2D eigenvalue weighted by atomic mass is 16.2. The number of carbonyl (C=O) groups is 2.